The number of nitrogens with zero attached hydrogens (tertiary/aromatic N) is 1. The molecule has 154 valence electrons. The lowest BCUT2D eigenvalue weighted by Gasteiger charge is -2.28. The number of nitriles is 1. The lowest BCUT2D eigenvalue weighted by molar-refractivity contribution is -0.161. The quantitative estimate of drug-likeness (QED) is 0.626. The van der Waals surface area contributed by atoms with Gasteiger partial charge in [0.25, 0.3) is 0 Å². The van der Waals surface area contributed by atoms with E-state index in [2.05, 4.69) is 10.6 Å². The zero-order chi connectivity index (χ0) is 21.2. The van der Waals surface area contributed by atoms with Crippen LogP contribution in [0.2, 0.25) is 0 Å². The van der Waals surface area contributed by atoms with E-state index in [0.717, 1.165) is 30.5 Å². The standard InChI is InChI=1S/C17H19F4N3O3S/c1-28(26,27)9-6-13(15(25)24-16(10-22)7-8-16)23-14(17(19,20)21)11-2-4-12(18)5-3-11/h2-5,13-14,23H,6-9H2,1H3,(H,24,25)/t13-,14-/m0/s1. The van der Waals surface area contributed by atoms with Crippen LogP contribution in [0, 0.1) is 17.1 Å². The van der Waals surface area contributed by atoms with E-state index < -0.39 is 57.5 Å². The second-order valence-electron chi connectivity index (χ2n) is 6.85. The van der Waals surface area contributed by atoms with Crippen molar-refractivity contribution in [3.63, 3.8) is 0 Å². The zero-order valence-corrected chi connectivity index (χ0v) is 15.7. The van der Waals surface area contributed by atoms with Crippen LogP contribution >= 0.6 is 0 Å². The third kappa shape index (κ3) is 6.17. The van der Waals surface area contributed by atoms with E-state index in [4.69, 9.17) is 5.26 Å². The molecule has 0 bridgehead atoms. The average molecular weight is 421 g/mol. The Balaban J connectivity index is 2.27. The number of nitrogens with one attached hydrogen (secondary N) is 2. The van der Waals surface area contributed by atoms with E-state index >= 15 is 0 Å². The molecule has 2 atom stereocenters. The minimum atomic E-state index is -4.83. The van der Waals surface area contributed by atoms with Gasteiger partial charge in [0.15, 0.2) is 0 Å². The monoisotopic (exact) mass is 421 g/mol. The van der Waals surface area contributed by atoms with E-state index in [1.807, 2.05) is 6.07 Å². The Morgan fingerprint density at radius 2 is 1.86 bits per heavy atom. The highest BCUT2D eigenvalue weighted by molar-refractivity contribution is 7.90. The Hall–Kier alpha value is -2.19. The normalized spacial score (nSPS) is 18.0. The number of sulfone groups is 1. The summed E-state index contributed by atoms with van der Waals surface area (Å²) in [6.45, 7) is 0. The van der Waals surface area contributed by atoms with Crippen molar-refractivity contribution in [3.8, 4) is 6.07 Å². The summed E-state index contributed by atoms with van der Waals surface area (Å²) in [5, 5.41) is 13.6. The molecule has 0 saturated heterocycles. The molecule has 1 aliphatic rings. The van der Waals surface area contributed by atoms with E-state index in [9.17, 15) is 30.8 Å². The molecule has 1 saturated carbocycles. The number of rotatable bonds is 8. The van der Waals surface area contributed by atoms with Gasteiger partial charge in [-0.05, 0) is 37.0 Å². The predicted molar refractivity (Wildman–Crippen MR) is 92.2 cm³/mol. The van der Waals surface area contributed by atoms with Crippen LogP contribution in [0.1, 0.15) is 30.9 Å². The van der Waals surface area contributed by atoms with Gasteiger partial charge in [-0.3, -0.25) is 10.1 Å². The fourth-order valence-corrected chi connectivity index (χ4v) is 3.23. The maximum Gasteiger partial charge on any atom is 0.407 e. The predicted octanol–water partition coefficient (Wildman–Crippen LogP) is 1.99. The summed E-state index contributed by atoms with van der Waals surface area (Å²) < 4.78 is 76.6. The minimum Gasteiger partial charge on any atom is -0.336 e. The van der Waals surface area contributed by atoms with Crippen molar-refractivity contribution < 1.29 is 30.8 Å². The molecule has 2 N–H and O–H groups in total. The molecule has 6 nitrogen and oxygen atoms in total. The molecule has 1 amide bonds. The van der Waals surface area contributed by atoms with Crippen LogP contribution in [0.3, 0.4) is 0 Å². The molecule has 0 spiro atoms. The van der Waals surface area contributed by atoms with Crippen LogP contribution in [-0.2, 0) is 14.6 Å². The van der Waals surface area contributed by atoms with Crippen molar-refractivity contribution in [1.82, 2.24) is 10.6 Å². The van der Waals surface area contributed by atoms with E-state index in [-0.39, 0.29) is 5.56 Å². The molecule has 28 heavy (non-hydrogen) atoms. The van der Waals surface area contributed by atoms with Gasteiger partial charge in [-0.15, -0.1) is 0 Å². The lowest BCUT2D eigenvalue weighted by atomic mass is 10.0. The topological polar surface area (TPSA) is 99.1 Å². The van der Waals surface area contributed by atoms with Crippen LogP contribution in [0.25, 0.3) is 0 Å². The van der Waals surface area contributed by atoms with Crippen molar-refractivity contribution in [2.45, 2.75) is 43.1 Å². The first-order valence-electron chi connectivity index (χ1n) is 8.34. The Morgan fingerprint density at radius 3 is 2.29 bits per heavy atom. The molecule has 1 fully saturated rings. The minimum absolute atomic E-state index is 0.326. The molecule has 11 heteroatoms. The SMILES string of the molecule is CS(=O)(=O)CC[C@H](N[C@@H](c1ccc(F)cc1)C(F)(F)F)C(=O)NC1(C#N)CC1. The number of hydrogen-bond acceptors (Lipinski definition) is 5. The van der Waals surface area contributed by atoms with Gasteiger partial charge in [-0.2, -0.15) is 18.4 Å². The maximum absolute atomic E-state index is 13.6. The summed E-state index contributed by atoms with van der Waals surface area (Å²) >= 11 is 0. The molecular formula is C17H19F4N3O3S. The third-order valence-corrected chi connectivity index (χ3v) is 5.30. The molecule has 1 aliphatic carbocycles. The van der Waals surface area contributed by atoms with Crippen LogP contribution in [0.5, 0.6) is 0 Å². The Bertz CT molecular complexity index is 859. The number of carbonyl (C=O) groups is 1. The number of hydrogen-bond donors (Lipinski definition) is 2. The summed E-state index contributed by atoms with van der Waals surface area (Å²) in [7, 11) is -3.54. The number of alkyl halides is 3. The van der Waals surface area contributed by atoms with Gasteiger partial charge in [-0.25, -0.2) is 12.8 Å². The Morgan fingerprint density at radius 1 is 1.29 bits per heavy atom. The third-order valence-electron chi connectivity index (χ3n) is 4.32. The lowest BCUT2D eigenvalue weighted by Crippen LogP contribution is -2.52. The van der Waals surface area contributed by atoms with Gasteiger partial charge in [0.1, 0.15) is 27.2 Å². The Labute approximate surface area is 159 Å². The molecule has 1 aromatic rings. The number of carbonyl (C=O) groups excluding carboxylic acids is 1. The number of benzene rings is 1. The smallest absolute Gasteiger partial charge is 0.336 e. The van der Waals surface area contributed by atoms with Crippen molar-refractivity contribution in [1.29, 1.82) is 5.26 Å². The first-order chi connectivity index (χ1) is 12.9. The molecule has 2 rings (SSSR count). The van der Waals surface area contributed by atoms with Crippen LogP contribution in [-0.4, -0.2) is 44.1 Å². The summed E-state index contributed by atoms with van der Waals surface area (Å²) in [5.74, 6) is -2.13. The van der Waals surface area contributed by atoms with Crippen LogP contribution < -0.4 is 10.6 Å². The molecule has 0 aliphatic heterocycles. The van der Waals surface area contributed by atoms with E-state index in [1.165, 1.54) is 0 Å². The largest absolute Gasteiger partial charge is 0.407 e. The van der Waals surface area contributed by atoms with Gasteiger partial charge in [0.05, 0.1) is 17.9 Å². The molecular weight excluding hydrogens is 402 g/mol. The van der Waals surface area contributed by atoms with Crippen LogP contribution in [0.4, 0.5) is 17.6 Å². The zero-order valence-electron chi connectivity index (χ0n) is 14.9. The van der Waals surface area contributed by atoms with Crippen molar-refractivity contribution in [2.24, 2.45) is 0 Å². The van der Waals surface area contributed by atoms with Crippen LogP contribution in [0.15, 0.2) is 24.3 Å². The summed E-state index contributed by atoms with van der Waals surface area (Å²) in [5.41, 5.74) is -1.45. The van der Waals surface area contributed by atoms with E-state index in [0.29, 0.717) is 12.8 Å². The molecule has 0 aromatic heterocycles. The second-order valence-corrected chi connectivity index (χ2v) is 9.11. The summed E-state index contributed by atoms with van der Waals surface area (Å²) in [6.07, 6.45) is -3.60. The van der Waals surface area contributed by atoms with Crippen molar-refractivity contribution >= 4 is 15.7 Å². The van der Waals surface area contributed by atoms with Gasteiger partial charge in [-0.1, -0.05) is 12.1 Å². The first kappa shape index (κ1) is 22.1. The van der Waals surface area contributed by atoms with Crippen molar-refractivity contribution in [2.75, 3.05) is 12.0 Å². The highest BCUT2D eigenvalue weighted by atomic mass is 32.2. The highest BCUT2D eigenvalue weighted by Crippen LogP contribution is 2.35. The number of halogens is 4. The van der Waals surface area contributed by atoms with Gasteiger partial charge in [0.2, 0.25) is 5.91 Å². The molecule has 1 aromatic carbocycles. The first-order valence-corrected chi connectivity index (χ1v) is 10.4. The molecule has 0 heterocycles. The van der Waals surface area contributed by atoms with E-state index in [1.54, 1.807) is 0 Å². The highest BCUT2D eigenvalue weighted by Gasteiger charge is 2.47. The fraction of sp³-hybridized carbons (Fsp3) is 0.529. The second kappa shape index (κ2) is 8.05. The van der Waals surface area contributed by atoms with Gasteiger partial charge >= 0.3 is 6.18 Å². The Kier molecular flexibility index (Phi) is 6.35. The van der Waals surface area contributed by atoms with Gasteiger partial charge < -0.3 is 5.32 Å². The molecule has 0 radical (unpaired) electrons. The summed E-state index contributed by atoms with van der Waals surface area (Å²) in [6, 6.07) is 1.64. The summed E-state index contributed by atoms with van der Waals surface area (Å²) in [4.78, 5) is 12.5. The van der Waals surface area contributed by atoms with Crippen molar-refractivity contribution in [3.05, 3.63) is 35.6 Å². The van der Waals surface area contributed by atoms with Gasteiger partial charge in [0, 0.05) is 6.26 Å². The number of amides is 1. The maximum atomic E-state index is 13.6. The average Bonchev–Trinajstić information content (AvgIpc) is 3.34. The molecule has 0 unspecified atom stereocenters. The fourth-order valence-electron chi connectivity index (χ4n) is 2.57.